The molecule has 0 bridgehead atoms. The van der Waals surface area contributed by atoms with Crippen LogP contribution in [0.4, 0.5) is 0 Å². The highest BCUT2D eigenvalue weighted by molar-refractivity contribution is 5.86. The van der Waals surface area contributed by atoms with Crippen molar-refractivity contribution in [2.24, 2.45) is 16.2 Å². The molecule has 4 aliphatic rings. The zero-order chi connectivity index (χ0) is 14.6. The maximum absolute atomic E-state index is 12.3. The van der Waals surface area contributed by atoms with Gasteiger partial charge in [0.2, 0.25) is 0 Å². The maximum Gasteiger partial charge on any atom is 0.315 e. The lowest BCUT2D eigenvalue weighted by atomic mass is 9.62. The smallest absolute Gasteiger partial charge is 0.315 e. The second-order valence-electron chi connectivity index (χ2n) is 7.05. The molecule has 0 spiro atoms. The Kier molecular flexibility index (Phi) is 1.83. The first-order valence-electron chi connectivity index (χ1n) is 7.01. The predicted molar refractivity (Wildman–Crippen MR) is 67.4 cm³/mol. The van der Waals surface area contributed by atoms with Gasteiger partial charge in [-0.15, -0.1) is 0 Å². The van der Waals surface area contributed by atoms with Crippen LogP contribution in [0.2, 0.25) is 0 Å². The van der Waals surface area contributed by atoms with Crippen molar-refractivity contribution in [2.75, 3.05) is 6.61 Å². The van der Waals surface area contributed by atoms with Crippen LogP contribution < -0.4 is 0 Å². The number of aliphatic hydroxyl groups is 1. The lowest BCUT2D eigenvalue weighted by molar-refractivity contribution is -0.165. The highest BCUT2D eigenvalue weighted by Crippen LogP contribution is 2.78. The number of hydrogen-bond acceptors (Lipinski definition) is 5. The third kappa shape index (κ3) is 0.793. The summed E-state index contributed by atoms with van der Waals surface area (Å²) in [6, 6.07) is 0. The van der Waals surface area contributed by atoms with Crippen LogP contribution >= 0.6 is 0 Å². The molecule has 108 valence electrons. The topological polar surface area (TPSA) is 72.8 Å². The van der Waals surface area contributed by atoms with Crippen molar-refractivity contribution < 1.29 is 24.2 Å². The Bertz CT molecular complexity index is 595. The molecule has 2 aliphatic heterocycles. The molecule has 0 amide bonds. The molecule has 0 aromatic rings. The quantitative estimate of drug-likeness (QED) is 0.527. The highest BCUT2D eigenvalue weighted by atomic mass is 16.6. The van der Waals surface area contributed by atoms with Gasteiger partial charge in [-0.3, -0.25) is 9.59 Å². The van der Waals surface area contributed by atoms with E-state index in [1.807, 2.05) is 19.9 Å². The number of rotatable bonds is 0. The van der Waals surface area contributed by atoms with Gasteiger partial charge in [-0.1, -0.05) is 18.6 Å². The number of esters is 2. The van der Waals surface area contributed by atoms with Crippen LogP contribution in [-0.4, -0.2) is 35.4 Å². The number of hydrogen-bond donors (Lipinski definition) is 1. The average molecular weight is 278 g/mol. The SMILES string of the molecule is CC1=CCC23OC(=O)C[C@@]12[C@@H](O)[C@@]1(C)C(=O)OC[C@@]31C. The molecule has 0 radical (unpaired) electrons. The molecule has 20 heavy (non-hydrogen) atoms. The van der Waals surface area contributed by atoms with E-state index in [0.29, 0.717) is 6.42 Å². The van der Waals surface area contributed by atoms with Crippen LogP contribution in [0.3, 0.4) is 0 Å². The van der Waals surface area contributed by atoms with E-state index in [9.17, 15) is 14.7 Å². The number of ether oxygens (including phenoxy) is 2. The minimum atomic E-state index is -1.02. The van der Waals surface area contributed by atoms with E-state index in [2.05, 4.69) is 0 Å². The number of fused-ring (bicyclic) bond motifs is 1. The van der Waals surface area contributed by atoms with Crippen LogP contribution in [0.25, 0.3) is 0 Å². The minimum absolute atomic E-state index is 0.148. The Labute approximate surface area is 116 Å². The van der Waals surface area contributed by atoms with Crippen LogP contribution in [-0.2, 0) is 19.1 Å². The highest BCUT2D eigenvalue weighted by Gasteiger charge is 2.88. The Balaban J connectivity index is 2.05. The van der Waals surface area contributed by atoms with Gasteiger partial charge in [0, 0.05) is 6.42 Å². The molecule has 2 aliphatic carbocycles. The summed E-state index contributed by atoms with van der Waals surface area (Å²) in [7, 11) is 0. The largest absolute Gasteiger partial charge is 0.464 e. The molecule has 2 saturated heterocycles. The maximum atomic E-state index is 12.3. The molecule has 1 unspecified atom stereocenters. The van der Waals surface area contributed by atoms with Gasteiger partial charge in [0.05, 0.1) is 23.4 Å². The summed E-state index contributed by atoms with van der Waals surface area (Å²) in [4.78, 5) is 24.3. The number of cyclic esters (lactones) is 1. The van der Waals surface area contributed by atoms with Crippen molar-refractivity contribution in [2.45, 2.75) is 45.3 Å². The minimum Gasteiger partial charge on any atom is -0.464 e. The van der Waals surface area contributed by atoms with Gasteiger partial charge in [-0.25, -0.2) is 0 Å². The normalized spacial score (nSPS) is 56.0. The summed E-state index contributed by atoms with van der Waals surface area (Å²) in [5.41, 5.74) is -2.38. The van der Waals surface area contributed by atoms with Crippen LogP contribution in [0.1, 0.15) is 33.6 Å². The summed E-state index contributed by atoms with van der Waals surface area (Å²) >= 11 is 0. The van der Waals surface area contributed by atoms with Gasteiger partial charge < -0.3 is 14.6 Å². The van der Waals surface area contributed by atoms with Crippen LogP contribution in [0.15, 0.2) is 11.6 Å². The van der Waals surface area contributed by atoms with Gasteiger partial charge in [0.25, 0.3) is 0 Å². The standard InChI is InChI=1S/C15H18O5/c1-8-4-5-15-12(2)7-19-11(18)13(12,3)10(17)14(8,15)6-9(16)20-15/h4,10,17H,5-7H2,1-3H3/t10-,12+,13-,14-,15?/m0/s1. The first-order chi connectivity index (χ1) is 9.26. The monoisotopic (exact) mass is 278 g/mol. The van der Waals surface area contributed by atoms with E-state index < -0.39 is 27.9 Å². The molecule has 1 N–H and O–H groups in total. The van der Waals surface area contributed by atoms with E-state index >= 15 is 0 Å². The fraction of sp³-hybridized carbons (Fsp3) is 0.733. The molecule has 5 nitrogen and oxygen atoms in total. The molecule has 5 heteroatoms. The Hall–Kier alpha value is -1.36. The van der Waals surface area contributed by atoms with Gasteiger partial charge >= 0.3 is 11.9 Å². The second-order valence-corrected chi connectivity index (χ2v) is 7.05. The molecular weight excluding hydrogens is 260 g/mol. The number of carbonyl (C=O) groups excluding carboxylic acids is 2. The van der Waals surface area contributed by atoms with Crippen molar-refractivity contribution in [3.05, 3.63) is 11.6 Å². The molecule has 0 aromatic heterocycles. The Morgan fingerprint density at radius 3 is 2.75 bits per heavy atom. The summed E-state index contributed by atoms with van der Waals surface area (Å²) in [6.45, 7) is 5.77. The first kappa shape index (κ1) is 12.4. The molecule has 3 fully saturated rings. The molecule has 0 aromatic carbocycles. The van der Waals surface area contributed by atoms with Crippen molar-refractivity contribution in [3.8, 4) is 0 Å². The van der Waals surface area contributed by atoms with Crippen molar-refractivity contribution >= 4 is 11.9 Å². The van der Waals surface area contributed by atoms with Gasteiger partial charge in [-0.2, -0.15) is 0 Å². The number of carbonyl (C=O) groups is 2. The zero-order valence-corrected chi connectivity index (χ0v) is 11.9. The zero-order valence-electron chi connectivity index (χ0n) is 11.9. The summed E-state index contributed by atoms with van der Waals surface area (Å²) in [6.07, 6.45) is 1.77. The third-order valence-corrected chi connectivity index (χ3v) is 6.80. The van der Waals surface area contributed by atoms with E-state index in [4.69, 9.17) is 9.47 Å². The van der Waals surface area contributed by atoms with Crippen molar-refractivity contribution in [3.63, 3.8) is 0 Å². The Morgan fingerprint density at radius 1 is 1.35 bits per heavy atom. The van der Waals surface area contributed by atoms with E-state index in [1.54, 1.807) is 6.92 Å². The average Bonchev–Trinajstić information content (AvgIpc) is 2.97. The lowest BCUT2D eigenvalue weighted by Gasteiger charge is -2.43. The van der Waals surface area contributed by atoms with Gasteiger partial charge in [0.15, 0.2) is 0 Å². The molecule has 4 rings (SSSR count). The van der Waals surface area contributed by atoms with E-state index in [-0.39, 0.29) is 25.0 Å². The predicted octanol–water partition coefficient (Wildman–Crippen LogP) is 0.952. The molecule has 5 atom stereocenters. The number of aliphatic hydroxyl groups excluding tert-OH is 1. The van der Waals surface area contributed by atoms with E-state index in [0.717, 1.165) is 5.57 Å². The van der Waals surface area contributed by atoms with Crippen LogP contribution in [0, 0.1) is 16.2 Å². The van der Waals surface area contributed by atoms with Gasteiger partial charge in [-0.05, 0) is 13.8 Å². The summed E-state index contributed by atoms with van der Waals surface area (Å²) in [5, 5.41) is 11.0. The van der Waals surface area contributed by atoms with Crippen molar-refractivity contribution in [1.82, 2.24) is 0 Å². The molecule has 2 heterocycles. The second kappa shape index (κ2) is 2.96. The Morgan fingerprint density at radius 2 is 2.05 bits per heavy atom. The molecular formula is C15H18O5. The molecule has 1 saturated carbocycles. The first-order valence-corrected chi connectivity index (χ1v) is 7.01. The van der Waals surface area contributed by atoms with Gasteiger partial charge in [0.1, 0.15) is 17.6 Å². The fourth-order valence-electron chi connectivity index (χ4n) is 5.39. The van der Waals surface area contributed by atoms with Crippen molar-refractivity contribution in [1.29, 1.82) is 0 Å². The fourth-order valence-corrected chi connectivity index (χ4v) is 5.39. The summed E-state index contributed by atoms with van der Waals surface area (Å²) < 4.78 is 11.0. The van der Waals surface area contributed by atoms with E-state index in [1.165, 1.54) is 0 Å². The summed E-state index contributed by atoms with van der Waals surface area (Å²) in [5.74, 6) is -0.675. The third-order valence-electron chi connectivity index (χ3n) is 6.80. The van der Waals surface area contributed by atoms with Crippen LogP contribution in [0.5, 0.6) is 0 Å². The lowest BCUT2D eigenvalue weighted by Crippen LogP contribution is -2.52.